The fraction of sp³-hybridized carbons (Fsp3) is 0.667. The Labute approximate surface area is 127 Å². The molecule has 0 saturated heterocycles. The summed E-state index contributed by atoms with van der Waals surface area (Å²) in [6, 6.07) is 7.52. The maximum Gasteiger partial charge on any atom is 0.123 e. The molecule has 0 aromatic heterocycles. The van der Waals surface area contributed by atoms with Gasteiger partial charge in [0, 0.05) is 12.6 Å². The molecule has 2 fully saturated rings. The molecule has 2 saturated carbocycles. The number of ether oxygens (including phenoxy) is 1. The summed E-state index contributed by atoms with van der Waals surface area (Å²) in [5.74, 6) is 0.567. The van der Waals surface area contributed by atoms with Crippen LogP contribution in [0.3, 0.4) is 0 Å². The van der Waals surface area contributed by atoms with Crippen LogP contribution in [-0.2, 0) is 4.74 Å². The lowest BCUT2D eigenvalue weighted by Crippen LogP contribution is -2.30. The molecule has 3 atom stereocenters. The summed E-state index contributed by atoms with van der Waals surface area (Å²) in [5.41, 5.74) is 0.960. The van der Waals surface area contributed by atoms with Crippen LogP contribution in [0.5, 0.6) is 0 Å². The quantitative estimate of drug-likeness (QED) is 0.847. The average molecular weight is 291 g/mol. The van der Waals surface area contributed by atoms with E-state index in [2.05, 4.69) is 12.2 Å². The predicted molar refractivity (Wildman–Crippen MR) is 82.7 cm³/mol. The molecule has 0 spiro atoms. The maximum absolute atomic E-state index is 13.5. The lowest BCUT2D eigenvalue weighted by molar-refractivity contribution is -0.0397. The zero-order valence-electron chi connectivity index (χ0n) is 12.9. The summed E-state index contributed by atoms with van der Waals surface area (Å²) in [6.45, 7) is 3.09. The Morgan fingerprint density at radius 2 is 2.14 bits per heavy atom. The van der Waals surface area contributed by atoms with Crippen LogP contribution in [0.4, 0.5) is 4.39 Å². The largest absolute Gasteiger partial charge is 0.369 e. The molecule has 21 heavy (non-hydrogen) atoms. The van der Waals surface area contributed by atoms with Crippen LogP contribution in [0.2, 0.25) is 0 Å². The number of hydrogen-bond acceptors (Lipinski definition) is 2. The molecular weight excluding hydrogens is 265 g/mol. The SMILES string of the molecule is CC1CCCC(OC(CNC2CC2)c2cccc(F)c2)C1. The number of nitrogens with one attached hydrogen (secondary N) is 1. The molecule has 0 bridgehead atoms. The van der Waals surface area contributed by atoms with Crippen LogP contribution in [-0.4, -0.2) is 18.7 Å². The standard InChI is InChI=1S/C18H26FNO/c1-13-4-2-7-17(10-13)21-18(12-20-16-8-9-16)14-5-3-6-15(19)11-14/h3,5-6,11,13,16-18,20H,2,4,7-10,12H2,1H3. The van der Waals surface area contributed by atoms with Crippen LogP contribution in [0, 0.1) is 11.7 Å². The average Bonchev–Trinajstić information content (AvgIpc) is 3.27. The smallest absolute Gasteiger partial charge is 0.123 e. The van der Waals surface area contributed by atoms with E-state index in [9.17, 15) is 4.39 Å². The first-order chi connectivity index (χ1) is 10.2. The van der Waals surface area contributed by atoms with Gasteiger partial charge in [0.15, 0.2) is 0 Å². The first-order valence-electron chi connectivity index (χ1n) is 8.35. The van der Waals surface area contributed by atoms with Crippen LogP contribution in [0.15, 0.2) is 24.3 Å². The van der Waals surface area contributed by atoms with E-state index in [0.717, 1.165) is 30.9 Å². The lowest BCUT2D eigenvalue weighted by Gasteiger charge is -2.31. The Bertz CT molecular complexity index is 460. The predicted octanol–water partition coefficient (Wildman–Crippen LogP) is 4.21. The van der Waals surface area contributed by atoms with Crippen molar-refractivity contribution in [3.63, 3.8) is 0 Å². The van der Waals surface area contributed by atoms with Gasteiger partial charge in [0.25, 0.3) is 0 Å². The minimum atomic E-state index is -0.176. The topological polar surface area (TPSA) is 21.3 Å². The van der Waals surface area contributed by atoms with Crippen molar-refractivity contribution in [1.29, 1.82) is 0 Å². The Morgan fingerprint density at radius 3 is 2.86 bits per heavy atom. The van der Waals surface area contributed by atoms with E-state index in [-0.39, 0.29) is 11.9 Å². The molecule has 2 nitrogen and oxygen atoms in total. The highest BCUT2D eigenvalue weighted by molar-refractivity contribution is 5.19. The summed E-state index contributed by atoms with van der Waals surface area (Å²) in [5, 5.41) is 3.53. The van der Waals surface area contributed by atoms with Crippen molar-refractivity contribution in [2.24, 2.45) is 5.92 Å². The van der Waals surface area contributed by atoms with Crippen molar-refractivity contribution in [2.45, 2.75) is 63.7 Å². The highest BCUT2D eigenvalue weighted by atomic mass is 19.1. The van der Waals surface area contributed by atoms with Gasteiger partial charge in [0.05, 0.1) is 12.2 Å². The molecule has 1 N–H and O–H groups in total. The third kappa shape index (κ3) is 4.52. The highest BCUT2D eigenvalue weighted by Gasteiger charge is 2.26. The summed E-state index contributed by atoms with van der Waals surface area (Å²) < 4.78 is 19.9. The Kier molecular flexibility index (Phi) is 4.91. The van der Waals surface area contributed by atoms with Crippen LogP contribution in [0.1, 0.15) is 57.1 Å². The van der Waals surface area contributed by atoms with Gasteiger partial charge in [0.1, 0.15) is 5.82 Å². The van der Waals surface area contributed by atoms with Crippen LogP contribution < -0.4 is 5.32 Å². The highest BCUT2D eigenvalue weighted by Crippen LogP contribution is 2.30. The minimum Gasteiger partial charge on any atom is -0.369 e. The number of rotatable bonds is 6. The third-order valence-electron chi connectivity index (χ3n) is 4.63. The van der Waals surface area contributed by atoms with Crippen LogP contribution >= 0.6 is 0 Å². The molecule has 1 aromatic carbocycles. The number of hydrogen-bond donors (Lipinski definition) is 1. The van der Waals surface area contributed by atoms with Gasteiger partial charge < -0.3 is 10.1 Å². The fourth-order valence-electron chi connectivity index (χ4n) is 3.25. The minimum absolute atomic E-state index is 0.0309. The van der Waals surface area contributed by atoms with Gasteiger partial charge in [-0.15, -0.1) is 0 Å². The van der Waals surface area contributed by atoms with E-state index in [1.807, 2.05) is 6.07 Å². The molecule has 0 radical (unpaired) electrons. The molecule has 0 aliphatic heterocycles. The molecule has 3 rings (SSSR count). The monoisotopic (exact) mass is 291 g/mol. The van der Waals surface area contributed by atoms with E-state index in [0.29, 0.717) is 12.1 Å². The normalized spacial score (nSPS) is 27.5. The summed E-state index contributed by atoms with van der Waals surface area (Å²) in [7, 11) is 0. The first kappa shape index (κ1) is 15.0. The number of halogens is 1. The maximum atomic E-state index is 13.5. The zero-order chi connectivity index (χ0) is 14.7. The molecule has 1 aromatic rings. The van der Waals surface area contributed by atoms with Crippen molar-refractivity contribution in [3.8, 4) is 0 Å². The van der Waals surface area contributed by atoms with E-state index in [1.54, 1.807) is 12.1 Å². The molecule has 3 unspecified atom stereocenters. The second-order valence-electron chi connectivity index (χ2n) is 6.76. The molecule has 2 aliphatic rings. The van der Waals surface area contributed by atoms with Gasteiger partial charge in [-0.2, -0.15) is 0 Å². The summed E-state index contributed by atoms with van der Waals surface area (Å²) in [6.07, 6.45) is 7.64. The Hall–Kier alpha value is -0.930. The second kappa shape index (κ2) is 6.89. The second-order valence-corrected chi connectivity index (χ2v) is 6.76. The molecule has 2 aliphatic carbocycles. The zero-order valence-corrected chi connectivity index (χ0v) is 12.9. The molecular formula is C18H26FNO. The van der Waals surface area contributed by atoms with Crippen LogP contribution in [0.25, 0.3) is 0 Å². The van der Waals surface area contributed by atoms with Gasteiger partial charge in [-0.05, 0) is 49.3 Å². The van der Waals surface area contributed by atoms with E-state index < -0.39 is 0 Å². The van der Waals surface area contributed by atoms with Gasteiger partial charge in [-0.25, -0.2) is 4.39 Å². The van der Waals surface area contributed by atoms with E-state index in [1.165, 1.54) is 31.7 Å². The van der Waals surface area contributed by atoms with Gasteiger partial charge in [-0.3, -0.25) is 0 Å². The molecule has 116 valence electrons. The van der Waals surface area contributed by atoms with Crippen molar-refractivity contribution in [3.05, 3.63) is 35.6 Å². The van der Waals surface area contributed by atoms with Gasteiger partial charge >= 0.3 is 0 Å². The van der Waals surface area contributed by atoms with Gasteiger partial charge in [-0.1, -0.05) is 31.9 Å². The Balaban J connectivity index is 1.65. The summed E-state index contributed by atoms with van der Waals surface area (Å²) >= 11 is 0. The van der Waals surface area contributed by atoms with E-state index >= 15 is 0 Å². The molecule has 0 heterocycles. The van der Waals surface area contributed by atoms with Crippen molar-refractivity contribution >= 4 is 0 Å². The molecule has 3 heteroatoms. The van der Waals surface area contributed by atoms with E-state index in [4.69, 9.17) is 4.74 Å². The number of benzene rings is 1. The fourth-order valence-corrected chi connectivity index (χ4v) is 3.25. The van der Waals surface area contributed by atoms with Crippen molar-refractivity contribution in [2.75, 3.05) is 6.54 Å². The van der Waals surface area contributed by atoms with Gasteiger partial charge in [0.2, 0.25) is 0 Å². The van der Waals surface area contributed by atoms with Crippen molar-refractivity contribution in [1.82, 2.24) is 5.32 Å². The Morgan fingerprint density at radius 1 is 1.29 bits per heavy atom. The third-order valence-corrected chi connectivity index (χ3v) is 4.63. The first-order valence-corrected chi connectivity index (χ1v) is 8.35. The van der Waals surface area contributed by atoms with Crippen molar-refractivity contribution < 1.29 is 9.13 Å². The lowest BCUT2D eigenvalue weighted by atomic mass is 9.88. The summed E-state index contributed by atoms with van der Waals surface area (Å²) in [4.78, 5) is 0. The molecule has 0 amide bonds.